The van der Waals surface area contributed by atoms with E-state index in [0.717, 1.165) is 0 Å². The van der Waals surface area contributed by atoms with Gasteiger partial charge in [-0.2, -0.15) is 0 Å². The van der Waals surface area contributed by atoms with E-state index in [0.29, 0.717) is 13.1 Å². The van der Waals surface area contributed by atoms with Crippen molar-refractivity contribution >= 4 is 47.7 Å². The molecular weight excluding hydrogens is 310 g/mol. The Labute approximate surface area is 76.1 Å². The zero-order valence-electron chi connectivity index (χ0n) is 4.54. The minimum atomic E-state index is 0.566. The van der Waals surface area contributed by atoms with Gasteiger partial charge < -0.3 is 0 Å². The van der Waals surface area contributed by atoms with Crippen molar-refractivity contribution in [3.8, 4) is 0 Å². The molecule has 1 rings (SSSR count). The third-order valence-corrected chi connectivity index (χ3v) is 4.67. The monoisotopic (exact) mass is 316 g/mol. The summed E-state index contributed by atoms with van der Waals surface area (Å²) in [5.41, 5.74) is 0. The Morgan fingerprint density at radius 1 is 1.44 bits per heavy atom. The molecule has 0 saturated carbocycles. The topological polar surface area (TPSA) is 0 Å². The van der Waals surface area contributed by atoms with Crippen LogP contribution in [-0.4, -0.2) is 27.3 Å². The maximum atomic E-state index is 3.41. The molecule has 0 spiro atoms. The maximum absolute atomic E-state index is 3.41. The van der Waals surface area contributed by atoms with E-state index in [4.69, 9.17) is 0 Å². The fraction of sp³-hybridized carbons (Fsp3) is 0. The molecule has 48 valence electrons. The van der Waals surface area contributed by atoms with Gasteiger partial charge in [-0.1, -0.05) is 0 Å². The Kier molecular flexibility index (Phi) is 3.31. The van der Waals surface area contributed by atoms with Crippen molar-refractivity contribution in [1.29, 1.82) is 0 Å². The van der Waals surface area contributed by atoms with Crippen LogP contribution in [0.15, 0.2) is 28.7 Å². The quantitative estimate of drug-likeness (QED) is 0.666. The third kappa shape index (κ3) is 2.45. The normalized spacial score (nSPS) is 9.56. The minimum absolute atomic E-state index is 0.566. The molecule has 0 atom stereocenters. The van der Waals surface area contributed by atoms with E-state index in [1.54, 1.807) is 0 Å². The molecule has 0 heterocycles. The molecule has 0 fully saturated rings. The molecule has 0 nitrogen and oxygen atoms in total. The van der Waals surface area contributed by atoms with Gasteiger partial charge in [0.15, 0.2) is 0 Å². The van der Waals surface area contributed by atoms with Gasteiger partial charge in [0, 0.05) is 0 Å². The van der Waals surface area contributed by atoms with Crippen LogP contribution in [0.1, 0.15) is 0 Å². The fourth-order valence-corrected chi connectivity index (χ4v) is 3.17. The second-order valence-electron chi connectivity index (χ2n) is 1.55. The van der Waals surface area contributed by atoms with Gasteiger partial charge >= 0.3 is 76.4 Å². The SMILES string of the molecule is [SeH][Se]c1cccc(Br)c1. The number of rotatable bonds is 1. The second kappa shape index (κ2) is 3.80. The van der Waals surface area contributed by atoms with Gasteiger partial charge in [0.25, 0.3) is 0 Å². The summed E-state index contributed by atoms with van der Waals surface area (Å²) in [6.45, 7) is 0. The molecule has 0 unspecified atom stereocenters. The molecule has 0 amide bonds. The molecule has 0 N–H and O–H groups in total. The molecule has 1 aromatic rings. The summed E-state index contributed by atoms with van der Waals surface area (Å²) in [5, 5.41) is 0. The molecule has 0 aliphatic carbocycles. The van der Waals surface area contributed by atoms with E-state index in [9.17, 15) is 0 Å². The standard InChI is InChI=1S/C6H5BrSe2/c7-5-2-1-3-6(4-5)9-8/h1-4,8H. The van der Waals surface area contributed by atoms with E-state index in [2.05, 4.69) is 48.3 Å². The molecule has 0 aliphatic heterocycles. The van der Waals surface area contributed by atoms with Crippen LogP contribution in [0.5, 0.6) is 0 Å². The van der Waals surface area contributed by atoms with Gasteiger partial charge in [0.05, 0.1) is 0 Å². The van der Waals surface area contributed by atoms with E-state index >= 15 is 0 Å². The first kappa shape index (κ1) is 7.84. The first-order valence-corrected chi connectivity index (χ1v) is 8.79. The van der Waals surface area contributed by atoms with Crippen LogP contribution in [0.3, 0.4) is 0 Å². The van der Waals surface area contributed by atoms with Crippen LogP contribution < -0.4 is 4.46 Å². The van der Waals surface area contributed by atoms with E-state index < -0.39 is 0 Å². The summed E-state index contributed by atoms with van der Waals surface area (Å²) in [5.74, 6) is 0. The van der Waals surface area contributed by atoms with Crippen LogP contribution in [-0.2, 0) is 0 Å². The summed E-state index contributed by atoms with van der Waals surface area (Å²) >= 11 is 6.59. The second-order valence-corrected chi connectivity index (χ2v) is 5.83. The Balaban J connectivity index is 2.94. The summed E-state index contributed by atoms with van der Waals surface area (Å²) in [6.07, 6.45) is 0. The van der Waals surface area contributed by atoms with Crippen molar-refractivity contribution < 1.29 is 0 Å². The molecular formula is C6H5BrSe2. The number of halogens is 1. The zero-order chi connectivity index (χ0) is 6.69. The Morgan fingerprint density at radius 3 is 2.67 bits per heavy atom. The third-order valence-electron chi connectivity index (χ3n) is 0.901. The van der Waals surface area contributed by atoms with Crippen LogP contribution in [0, 0.1) is 0 Å². The van der Waals surface area contributed by atoms with E-state index in [1.165, 1.54) is 8.93 Å². The summed E-state index contributed by atoms with van der Waals surface area (Å²) in [7, 11) is 0. The van der Waals surface area contributed by atoms with Crippen LogP contribution in [0.4, 0.5) is 0 Å². The average molecular weight is 315 g/mol. The van der Waals surface area contributed by atoms with Gasteiger partial charge in [-0.25, -0.2) is 0 Å². The first-order chi connectivity index (χ1) is 4.33. The molecule has 3 heteroatoms. The van der Waals surface area contributed by atoms with Gasteiger partial charge in [-0.15, -0.1) is 0 Å². The zero-order valence-corrected chi connectivity index (χ0v) is 9.72. The Bertz CT molecular complexity index is 200. The van der Waals surface area contributed by atoms with Crippen molar-refractivity contribution in [2.75, 3.05) is 0 Å². The summed E-state index contributed by atoms with van der Waals surface area (Å²) < 4.78 is 2.59. The van der Waals surface area contributed by atoms with Crippen molar-refractivity contribution in [2.24, 2.45) is 0 Å². The van der Waals surface area contributed by atoms with Crippen LogP contribution in [0.25, 0.3) is 0 Å². The molecule has 0 radical (unpaired) electrons. The van der Waals surface area contributed by atoms with Crippen LogP contribution in [0.2, 0.25) is 0 Å². The van der Waals surface area contributed by atoms with Crippen molar-refractivity contribution in [1.82, 2.24) is 0 Å². The molecule has 0 aliphatic rings. The fourth-order valence-electron chi connectivity index (χ4n) is 0.524. The van der Waals surface area contributed by atoms with Gasteiger partial charge in [0.1, 0.15) is 0 Å². The Hall–Kier alpha value is 0.739. The van der Waals surface area contributed by atoms with Gasteiger partial charge in [0.2, 0.25) is 0 Å². The predicted octanol–water partition coefficient (Wildman–Crippen LogP) is 0.594. The van der Waals surface area contributed by atoms with E-state index in [-0.39, 0.29) is 0 Å². The average Bonchev–Trinajstić information content (AvgIpc) is 1.88. The first-order valence-electron chi connectivity index (χ1n) is 2.40. The number of hydrogen-bond acceptors (Lipinski definition) is 0. The van der Waals surface area contributed by atoms with Gasteiger partial charge in [-0.05, 0) is 0 Å². The number of hydrogen-bond donors (Lipinski definition) is 0. The summed E-state index contributed by atoms with van der Waals surface area (Å²) in [4.78, 5) is 0. The molecule has 0 saturated heterocycles. The van der Waals surface area contributed by atoms with Crippen molar-refractivity contribution in [3.05, 3.63) is 28.7 Å². The Morgan fingerprint density at radius 2 is 2.22 bits per heavy atom. The van der Waals surface area contributed by atoms with E-state index in [1.807, 2.05) is 6.07 Å². The molecule has 1 aromatic carbocycles. The molecule has 9 heavy (non-hydrogen) atoms. The van der Waals surface area contributed by atoms with Crippen molar-refractivity contribution in [3.63, 3.8) is 0 Å². The van der Waals surface area contributed by atoms with Crippen molar-refractivity contribution in [2.45, 2.75) is 0 Å². The molecule has 0 bridgehead atoms. The van der Waals surface area contributed by atoms with Crippen LogP contribution >= 0.6 is 15.9 Å². The molecule has 0 aromatic heterocycles. The predicted molar refractivity (Wildman–Crippen MR) is 46.7 cm³/mol. The van der Waals surface area contributed by atoms with Gasteiger partial charge in [-0.3, -0.25) is 0 Å². The summed E-state index contributed by atoms with van der Waals surface area (Å²) in [6, 6.07) is 8.40. The number of benzene rings is 1.